The fourth-order valence-corrected chi connectivity index (χ4v) is 4.74. The topological polar surface area (TPSA) is 75.0 Å². The fourth-order valence-electron chi connectivity index (χ4n) is 4.74. The summed E-state index contributed by atoms with van der Waals surface area (Å²) in [4.78, 5) is 20.0. The first-order valence-electron chi connectivity index (χ1n) is 11.2. The summed E-state index contributed by atoms with van der Waals surface area (Å²) in [5, 5.41) is 4.29. The predicted octanol–water partition coefficient (Wildman–Crippen LogP) is 4.09. The zero-order valence-corrected chi connectivity index (χ0v) is 18.7. The molecule has 7 nitrogen and oxygen atoms in total. The third kappa shape index (κ3) is 3.70. The fraction of sp³-hybridized carbons (Fsp3) is 0.231. The van der Waals surface area contributed by atoms with Gasteiger partial charge in [-0.15, -0.1) is 0 Å². The molecule has 0 spiro atoms. The van der Waals surface area contributed by atoms with Gasteiger partial charge in [-0.3, -0.25) is 9.88 Å². The third-order valence-corrected chi connectivity index (χ3v) is 6.50. The molecule has 0 aliphatic heterocycles. The number of H-pyrrole nitrogens is 1. The first kappa shape index (κ1) is 19.8. The van der Waals surface area contributed by atoms with Crippen molar-refractivity contribution in [3.8, 4) is 22.6 Å². The molecule has 33 heavy (non-hydrogen) atoms. The number of rotatable bonds is 5. The largest absolute Gasteiger partial charge is 0.339 e. The Morgan fingerprint density at radius 3 is 2.61 bits per heavy atom. The number of aromatic nitrogens is 6. The summed E-state index contributed by atoms with van der Waals surface area (Å²) < 4.78 is 1.78. The average Bonchev–Trinajstić information content (AvgIpc) is 3.56. The molecule has 7 heteroatoms. The van der Waals surface area contributed by atoms with E-state index in [1.54, 1.807) is 10.8 Å². The number of likely N-dealkylation sites (N-methyl/N-ethyl adjacent to an activating group) is 1. The van der Waals surface area contributed by atoms with Crippen molar-refractivity contribution in [3.05, 3.63) is 89.8 Å². The summed E-state index contributed by atoms with van der Waals surface area (Å²) in [6.45, 7) is 2.75. The Kier molecular flexibility index (Phi) is 4.77. The molecule has 0 radical (unpaired) electrons. The second kappa shape index (κ2) is 7.94. The van der Waals surface area contributed by atoms with Crippen molar-refractivity contribution >= 4 is 5.65 Å². The van der Waals surface area contributed by atoms with Gasteiger partial charge >= 0.3 is 0 Å². The van der Waals surface area contributed by atoms with E-state index < -0.39 is 0 Å². The molecule has 6 rings (SSSR count). The molecule has 0 amide bonds. The van der Waals surface area contributed by atoms with Crippen molar-refractivity contribution in [2.45, 2.75) is 32.4 Å². The Balaban J connectivity index is 1.35. The molecule has 1 aromatic carbocycles. The molecule has 1 aliphatic rings. The summed E-state index contributed by atoms with van der Waals surface area (Å²) in [5.74, 6) is 0.931. The Morgan fingerprint density at radius 2 is 1.82 bits per heavy atom. The van der Waals surface area contributed by atoms with Crippen LogP contribution < -0.4 is 0 Å². The second-order valence-electron chi connectivity index (χ2n) is 8.80. The molecule has 164 valence electrons. The maximum Gasteiger partial charge on any atom is 0.155 e. The maximum atomic E-state index is 5.04. The lowest BCUT2D eigenvalue weighted by Gasteiger charge is -2.22. The number of fused-ring (bicyclic) bond motifs is 2. The van der Waals surface area contributed by atoms with Crippen molar-refractivity contribution in [3.63, 3.8) is 0 Å². The smallest absolute Gasteiger partial charge is 0.155 e. The van der Waals surface area contributed by atoms with E-state index in [0.29, 0.717) is 6.04 Å². The molecular formula is C26H25N7. The standard InChI is InChI=1S/C26H25N7/c1-17-6-5-9-22(29-17)26-25(20-10-11-24-27-16-28-33(24)14-20)30-23(31-26)15-32(2)21-12-18-7-3-4-8-19(18)13-21/h3-11,14,16,21H,12-13,15H2,1-2H3,(H,30,31). The maximum absolute atomic E-state index is 5.04. The number of aryl methyl sites for hydroxylation is 1. The Bertz CT molecular complexity index is 1420. The van der Waals surface area contributed by atoms with E-state index in [0.717, 1.165) is 59.2 Å². The normalized spacial score (nSPS) is 13.8. The first-order chi connectivity index (χ1) is 16.1. The zero-order chi connectivity index (χ0) is 22.4. The Morgan fingerprint density at radius 1 is 1.00 bits per heavy atom. The number of hydrogen-bond acceptors (Lipinski definition) is 5. The lowest BCUT2D eigenvalue weighted by molar-refractivity contribution is 0.236. The van der Waals surface area contributed by atoms with Crippen LogP contribution >= 0.6 is 0 Å². The lowest BCUT2D eigenvalue weighted by Crippen LogP contribution is -2.32. The number of nitrogens with zero attached hydrogens (tertiary/aromatic N) is 6. The minimum absolute atomic E-state index is 0.475. The molecule has 5 aromatic rings. The van der Waals surface area contributed by atoms with Crippen LogP contribution in [0.4, 0.5) is 0 Å². The molecule has 0 saturated carbocycles. The molecule has 0 atom stereocenters. The molecule has 0 saturated heterocycles. The SMILES string of the molecule is Cc1cccc(-c2[nH]c(CN(C)C3Cc4ccccc4C3)nc2-c2ccc3ncnn3c2)n1. The summed E-state index contributed by atoms with van der Waals surface area (Å²) in [6, 6.07) is 19.3. The van der Waals surface area contributed by atoms with Crippen LogP contribution in [0, 0.1) is 6.92 Å². The highest BCUT2D eigenvalue weighted by Gasteiger charge is 2.25. The van der Waals surface area contributed by atoms with Gasteiger partial charge in [0, 0.05) is 23.5 Å². The highest BCUT2D eigenvalue weighted by Crippen LogP contribution is 2.31. The number of nitrogens with one attached hydrogen (secondary N) is 1. The van der Waals surface area contributed by atoms with Crippen LogP contribution in [0.15, 0.2) is 67.1 Å². The minimum atomic E-state index is 0.475. The van der Waals surface area contributed by atoms with Gasteiger partial charge in [-0.05, 0) is 62.2 Å². The second-order valence-corrected chi connectivity index (χ2v) is 8.80. The van der Waals surface area contributed by atoms with Gasteiger partial charge in [-0.1, -0.05) is 30.3 Å². The number of imidazole rings is 1. The van der Waals surface area contributed by atoms with E-state index in [2.05, 4.69) is 51.3 Å². The predicted molar refractivity (Wildman–Crippen MR) is 128 cm³/mol. The van der Waals surface area contributed by atoms with E-state index in [4.69, 9.17) is 9.97 Å². The van der Waals surface area contributed by atoms with Gasteiger partial charge in [0.15, 0.2) is 5.65 Å². The van der Waals surface area contributed by atoms with Gasteiger partial charge in [0.2, 0.25) is 0 Å². The summed E-state index contributed by atoms with van der Waals surface area (Å²) in [7, 11) is 2.19. The van der Waals surface area contributed by atoms with E-state index in [1.807, 2.05) is 43.5 Å². The van der Waals surface area contributed by atoms with Gasteiger partial charge < -0.3 is 4.98 Å². The van der Waals surface area contributed by atoms with Crippen LogP contribution in [-0.4, -0.2) is 47.5 Å². The number of pyridine rings is 2. The van der Waals surface area contributed by atoms with Crippen molar-refractivity contribution in [1.29, 1.82) is 0 Å². The summed E-state index contributed by atoms with van der Waals surface area (Å²) in [6.07, 6.45) is 5.69. The van der Waals surface area contributed by atoms with E-state index >= 15 is 0 Å². The van der Waals surface area contributed by atoms with Crippen LogP contribution in [0.2, 0.25) is 0 Å². The van der Waals surface area contributed by atoms with Crippen molar-refractivity contribution in [2.24, 2.45) is 0 Å². The summed E-state index contributed by atoms with van der Waals surface area (Å²) >= 11 is 0. The number of aromatic amines is 1. The van der Waals surface area contributed by atoms with Gasteiger partial charge in [0.1, 0.15) is 12.2 Å². The van der Waals surface area contributed by atoms with E-state index in [-0.39, 0.29) is 0 Å². The van der Waals surface area contributed by atoms with Gasteiger partial charge in [0.05, 0.1) is 23.6 Å². The average molecular weight is 436 g/mol. The van der Waals surface area contributed by atoms with Gasteiger partial charge in [-0.2, -0.15) is 5.10 Å². The first-order valence-corrected chi connectivity index (χ1v) is 11.2. The van der Waals surface area contributed by atoms with Crippen LogP contribution in [0.25, 0.3) is 28.3 Å². The quantitative estimate of drug-likeness (QED) is 0.450. The summed E-state index contributed by atoms with van der Waals surface area (Å²) in [5.41, 5.74) is 8.37. The Hall–Kier alpha value is -3.84. The lowest BCUT2D eigenvalue weighted by atomic mass is 10.1. The third-order valence-electron chi connectivity index (χ3n) is 6.50. The molecule has 1 N–H and O–H groups in total. The monoisotopic (exact) mass is 435 g/mol. The van der Waals surface area contributed by atoms with Gasteiger partial charge in [0.25, 0.3) is 0 Å². The van der Waals surface area contributed by atoms with Crippen LogP contribution in [-0.2, 0) is 19.4 Å². The molecule has 4 aromatic heterocycles. The van der Waals surface area contributed by atoms with Crippen LogP contribution in [0.3, 0.4) is 0 Å². The molecule has 0 unspecified atom stereocenters. The van der Waals surface area contributed by atoms with E-state index in [9.17, 15) is 0 Å². The van der Waals surface area contributed by atoms with Crippen LogP contribution in [0.1, 0.15) is 22.6 Å². The van der Waals surface area contributed by atoms with E-state index in [1.165, 1.54) is 11.1 Å². The number of benzene rings is 1. The Labute approximate surface area is 192 Å². The van der Waals surface area contributed by atoms with Crippen LogP contribution in [0.5, 0.6) is 0 Å². The molecule has 0 fully saturated rings. The van der Waals surface area contributed by atoms with Gasteiger partial charge in [-0.25, -0.2) is 14.5 Å². The van der Waals surface area contributed by atoms with Crippen molar-refractivity contribution < 1.29 is 0 Å². The molecule has 1 aliphatic carbocycles. The zero-order valence-electron chi connectivity index (χ0n) is 18.7. The highest BCUT2D eigenvalue weighted by molar-refractivity contribution is 5.77. The number of hydrogen-bond donors (Lipinski definition) is 1. The minimum Gasteiger partial charge on any atom is -0.339 e. The molecule has 4 heterocycles. The van der Waals surface area contributed by atoms with Crippen molar-refractivity contribution in [2.75, 3.05) is 7.05 Å². The molecular weight excluding hydrogens is 410 g/mol. The highest BCUT2D eigenvalue weighted by atomic mass is 15.3. The van der Waals surface area contributed by atoms with Crippen molar-refractivity contribution in [1.82, 2.24) is 34.4 Å². The molecule has 0 bridgehead atoms.